The van der Waals surface area contributed by atoms with Crippen molar-refractivity contribution < 1.29 is 13.5 Å². The van der Waals surface area contributed by atoms with Crippen molar-refractivity contribution in [1.82, 2.24) is 4.31 Å². The number of aliphatic hydroxyl groups excluding tert-OH is 1. The second kappa shape index (κ2) is 6.16. The number of sulfonamides is 1. The summed E-state index contributed by atoms with van der Waals surface area (Å²) in [5, 5.41) is 10.2. The molecule has 1 aromatic rings. The minimum atomic E-state index is -3.50. The average molecular weight is 276 g/mol. The van der Waals surface area contributed by atoms with E-state index in [9.17, 15) is 8.42 Å². The van der Waals surface area contributed by atoms with Crippen molar-refractivity contribution in [3.8, 4) is 0 Å². The Morgan fingerprint density at radius 1 is 1.41 bits per heavy atom. The molecule has 0 saturated carbocycles. The fourth-order valence-corrected chi connectivity index (χ4v) is 2.20. The average Bonchev–Trinajstić information content (AvgIpc) is 2.28. The van der Waals surface area contributed by atoms with E-state index in [0.29, 0.717) is 10.6 Å². The molecule has 0 saturated heterocycles. The molecule has 1 N–H and O–H groups in total. The van der Waals surface area contributed by atoms with Gasteiger partial charge in [-0.1, -0.05) is 29.8 Å². The third-order valence-electron chi connectivity index (χ3n) is 2.17. The van der Waals surface area contributed by atoms with Gasteiger partial charge in [0.2, 0.25) is 10.0 Å². The lowest BCUT2D eigenvalue weighted by molar-refractivity contribution is 0.267. The van der Waals surface area contributed by atoms with Crippen LogP contribution in [0, 0.1) is 0 Å². The monoisotopic (exact) mass is 275 g/mol. The van der Waals surface area contributed by atoms with E-state index in [1.807, 2.05) is 0 Å². The van der Waals surface area contributed by atoms with Crippen LogP contribution in [0.1, 0.15) is 5.56 Å². The first kappa shape index (κ1) is 14.2. The summed E-state index contributed by atoms with van der Waals surface area (Å²) in [4.78, 5) is 0. The third-order valence-corrected chi connectivity index (χ3v) is 4.05. The number of rotatable bonds is 5. The van der Waals surface area contributed by atoms with E-state index in [4.69, 9.17) is 16.7 Å². The lowest BCUT2D eigenvalue weighted by Gasteiger charge is -2.12. The summed E-state index contributed by atoms with van der Waals surface area (Å²) in [5.74, 6) is 0. The Morgan fingerprint density at radius 3 is 2.65 bits per heavy atom. The van der Waals surface area contributed by atoms with E-state index in [2.05, 4.69) is 0 Å². The molecule has 0 atom stereocenters. The second-order valence-corrected chi connectivity index (χ2v) is 5.75. The Bertz CT molecular complexity index is 499. The maximum absolute atomic E-state index is 11.7. The van der Waals surface area contributed by atoms with Gasteiger partial charge in [0.1, 0.15) is 0 Å². The van der Waals surface area contributed by atoms with Crippen LogP contribution in [-0.4, -0.2) is 38.0 Å². The lowest BCUT2D eigenvalue weighted by Crippen LogP contribution is -2.27. The molecule has 0 amide bonds. The molecule has 0 aromatic heterocycles. The van der Waals surface area contributed by atoms with Gasteiger partial charge in [-0.3, -0.25) is 0 Å². The van der Waals surface area contributed by atoms with Crippen molar-refractivity contribution in [1.29, 1.82) is 0 Å². The van der Waals surface area contributed by atoms with Gasteiger partial charge in [0.05, 0.1) is 6.61 Å². The Morgan fingerprint density at radius 2 is 2.06 bits per heavy atom. The maximum Gasteiger partial charge on any atom is 0.236 e. The number of benzene rings is 1. The molecule has 0 aliphatic rings. The van der Waals surface area contributed by atoms with Crippen molar-refractivity contribution in [2.75, 3.05) is 20.2 Å². The highest BCUT2D eigenvalue weighted by atomic mass is 35.5. The molecule has 0 heterocycles. The summed E-state index contributed by atoms with van der Waals surface area (Å²) in [7, 11) is -2.10. The van der Waals surface area contributed by atoms with Gasteiger partial charge in [0, 0.05) is 24.0 Å². The van der Waals surface area contributed by atoms with Gasteiger partial charge < -0.3 is 5.11 Å². The fraction of sp³-hybridized carbons (Fsp3) is 0.273. The lowest BCUT2D eigenvalue weighted by atomic mass is 10.2. The molecule has 94 valence electrons. The molecule has 0 bridgehead atoms. The van der Waals surface area contributed by atoms with Crippen molar-refractivity contribution >= 4 is 27.7 Å². The number of likely N-dealkylation sites (N-methyl/N-ethyl adjacent to an activating group) is 1. The van der Waals surface area contributed by atoms with Gasteiger partial charge in [-0.15, -0.1) is 0 Å². The highest BCUT2D eigenvalue weighted by molar-refractivity contribution is 7.92. The molecule has 0 spiro atoms. The highest BCUT2D eigenvalue weighted by Gasteiger charge is 2.12. The summed E-state index contributed by atoms with van der Waals surface area (Å²) in [6.45, 7) is -0.148. The number of nitrogens with zero attached hydrogens (tertiary/aromatic N) is 1. The van der Waals surface area contributed by atoms with Gasteiger partial charge in [-0.25, -0.2) is 8.42 Å². The Balaban J connectivity index is 2.88. The Hall–Kier alpha value is -0.880. The summed E-state index contributed by atoms with van der Waals surface area (Å²) >= 11 is 5.89. The van der Waals surface area contributed by atoms with Crippen LogP contribution in [0.4, 0.5) is 0 Å². The van der Waals surface area contributed by atoms with Gasteiger partial charge >= 0.3 is 0 Å². The molecule has 0 radical (unpaired) electrons. The molecule has 17 heavy (non-hydrogen) atoms. The van der Waals surface area contributed by atoms with Crippen LogP contribution in [0.15, 0.2) is 29.7 Å². The molecule has 0 aliphatic heterocycles. The summed E-state index contributed by atoms with van der Waals surface area (Å²) in [6, 6.07) is 6.95. The summed E-state index contributed by atoms with van der Waals surface area (Å²) in [6.07, 6.45) is 1.44. The van der Waals surface area contributed by atoms with Crippen molar-refractivity contribution in [3.63, 3.8) is 0 Å². The van der Waals surface area contributed by atoms with E-state index >= 15 is 0 Å². The molecule has 0 fully saturated rings. The largest absolute Gasteiger partial charge is 0.395 e. The van der Waals surface area contributed by atoms with Crippen molar-refractivity contribution in [2.45, 2.75) is 0 Å². The number of hydrogen-bond donors (Lipinski definition) is 1. The molecule has 1 rings (SSSR count). The van der Waals surface area contributed by atoms with Gasteiger partial charge in [0.15, 0.2) is 0 Å². The second-order valence-electron chi connectivity index (χ2n) is 3.41. The van der Waals surface area contributed by atoms with Gasteiger partial charge in [0.25, 0.3) is 0 Å². The summed E-state index contributed by atoms with van der Waals surface area (Å²) < 4.78 is 24.4. The molecule has 1 aromatic carbocycles. The van der Waals surface area contributed by atoms with Crippen LogP contribution in [0.25, 0.3) is 6.08 Å². The Kier molecular flexibility index (Phi) is 5.14. The third kappa shape index (κ3) is 4.12. The quantitative estimate of drug-likeness (QED) is 0.887. The SMILES string of the molecule is CN(CCO)S(=O)(=O)/C=C/c1ccccc1Cl. The minimum absolute atomic E-state index is 0.0647. The van der Waals surface area contributed by atoms with Crippen LogP contribution in [-0.2, 0) is 10.0 Å². The first-order chi connectivity index (χ1) is 7.97. The highest BCUT2D eigenvalue weighted by Crippen LogP contribution is 2.17. The van der Waals surface area contributed by atoms with Crippen molar-refractivity contribution in [3.05, 3.63) is 40.3 Å². The molecular formula is C11H14ClNO3S. The maximum atomic E-state index is 11.7. The molecule has 0 unspecified atom stereocenters. The molecule has 6 heteroatoms. The van der Waals surface area contributed by atoms with Crippen LogP contribution in [0.3, 0.4) is 0 Å². The zero-order chi connectivity index (χ0) is 12.9. The normalized spacial score (nSPS) is 12.5. The number of halogens is 1. The zero-order valence-corrected chi connectivity index (χ0v) is 10.9. The van der Waals surface area contributed by atoms with Crippen molar-refractivity contribution in [2.24, 2.45) is 0 Å². The smallest absolute Gasteiger partial charge is 0.236 e. The van der Waals surface area contributed by atoms with Crippen LogP contribution in [0.2, 0.25) is 5.02 Å². The van der Waals surface area contributed by atoms with Crippen LogP contribution in [0.5, 0.6) is 0 Å². The van der Waals surface area contributed by atoms with Crippen LogP contribution < -0.4 is 0 Å². The zero-order valence-electron chi connectivity index (χ0n) is 9.38. The topological polar surface area (TPSA) is 57.6 Å². The van der Waals surface area contributed by atoms with E-state index in [-0.39, 0.29) is 13.2 Å². The predicted molar refractivity (Wildman–Crippen MR) is 69.1 cm³/mol. The van der Waals surface area contributed by atoms with Crippen LogP contribution >= 0.6 is 11.6 Å². The van der Waals surface area contributed by atoms with Gasteiger partial charge in [-0.05, 0) is 17.7 Å². The van der Waals surface area contributed by atoms with E-state index < -0.39 is 10.0 Å². The van der Waals surface area contributed by atoms with Gasteiger partial charge in [-0.2, -0.15) is 4.31 Å². The fourth-order valence-electron chi connectivity index (χ4n) is 1.14. The van der Waals surface area contributed by atoms with E-state index in [1.54, 1.807) is 24.3 Å². The van der Waals surface area contributed by atoms with E-state index in [1.165, 1.54) is 13.1 Å². The first-order valence-corrected chi connectivity index (χ1v) is 6.85. The molecule has 4 nitrogen and oxygen atoms in total. The molecular weight excluding hydrogens is 262 g/mol. The number of aliphatic hydroxyl groups is 1. The standard InChI is InChI=1S/C11H14ClNO3S/c1-13(7-8-14)17(15,16)9-6-10-4-2-3-5-11(10)12/h2-6,9,14H,7-8H2,1H3/b9-6+. The predicted octanol–water partition coefficient (Wildman–Crippen LogP) is 1.56. The summed E-state index contributed by atoms with van der Waals surface area (Å²) in [5.41, 5.74) is 0.634. The molecule has 0 aliphatic carbocycles. The number of hydrogen-bond acceptors (Lipinski definition) is 3. The van der Waals surface area contributed by atoms with E-state index in [0.717, 1.165) is 9.71 Å². The first-order valence-electron chi connectivity index (χ1n) is 4.97. The minimum Gasteiger partial charge on any atom is -0.395 e. The Labute approximate surface area is 106 Å².